The zero-order valence-corrected chi connectivity index (χ0v) is 10.4. The number of piperidine rings is 1. The Bertz CT molecular complexity index is 388. The maximum absolute atomic E-state index is 11.9. The van der Waals surface area contributed by atoms with Gasteiger partial charge in [0.1, 0.15) is 5.82 Å². The Hall–Kier alpha value is -1.36. The fraction of sp³-hybridized carbons (Fsp3) is 0.667. The molecule has 0 radical (unpaired) electrons. The molecule has 5 heteroatoms. The summed E-state index contributed by atoms with van der Waals surface area (Å²) < 4.78 is 1.66. The molecule has 5 nitrogen and oxygen atoms in total. The van der Waals surface area contributed by atoms with Crippen LogP contribution in [0.25, 0.3) is 0 Å². The second-order valence-electron chi connectivity index (χ2n) is 4.77. The maximum atomic E-state index is 11.9. The molecule has 1 aromatic rings. The number of carbonyl (C=O) groups excluding carboxylic acids is 1. The van der Waals surface area contributed by atoms with Crippen molar-refractivity contribution in [1.29, 1.82) is 0 Å². The molecule has 1 saturated heterocycles. The van der Waals surface area contributed by atoms with Crippen molar-refractivity contribution in [1.82, 2.24) is 15.1 Å². The zero-order valence-electron chi connectivity index (χ0n) is 10.4. The number of nitrogens with zero attached hydrogens (tertiary/aromatic N) is 2. The topological polar surface area (TPSA) is 59.0 Å². The highest BCUT2D eigenvalue weighted by Crippen LogP contribution is 2.18. The molecule has 2 rings (SSSR count). The van der Waals surface area contributed by atoms with E-state index in [0.29, 0.717) is 18.4 Å². The van der Waals surface area contributed by atoms with Crippen LogP contribution in [0.5, 0.6) is 0 Å². The predicted octanol–water partition coefficient (Wildman–Crippen LogP) is 1.14. The molecular formula is C12H20N4O. The van der Waals surface area contributed by atoms with E-state index in [1.165, 1.54) is 12.8 Å². The molecule has 17 heavy (non-hydrogen) atoms. The molecule has 2 unspecified atom stereocenters. The van der Waals surface area contributed by atoms with Gasteiger partial charge in [-0.2, -0.15) is 5.10 Å². The van der Waals surface area contributed by atoms with Gasteiger partial charge < -0.3 is 10.6 Å². The Morgan fingerprint density at radius 2 is 2.53 bits per heavy atom. The van der Waals surface area contributed by atoms with Crippen LogP contribution in [0.3, 0.4) is 0 Å². The summed E-state index contributed by atoms with van der Waals surface area (Å²) >= 11 is 0. The average molecular weight is 236 g/mol. The lowest BCUT2D eigenvalue weighted by Gasteiger charge is -2.29. The summed E-state index contributed by atoms with van der Waals surface area (Å²) in [7, 11) is 1.82. The molecule has 1 amide bonds. The average Bonchev–Trinajstić information content (AvgIpc) is 2.68. The highest BCUT2D eigenvalue weighted by molar-refractivity contribution is 5.90. The number of rotatable bonds is 3. The zero-order chi connectivity index (χ0) is 12.3. The van der Waals surface area contributed by atoms with E-state index in [1.54, 1.807) is 16.9 Å². The van der Waals surface area contributed by atoms with E-state index in [2.05, 4.69) is 22.7 Å². The quantitative estimate of drug-likeness (QED) is 0.827. The summed E-state index contributed by atoms with van der Waals surface area (Å²) in [4.78, 5) is 11.9. The molecule has 0 bridgehead atoms. The van der Waals surface area contributed by atoms with E-state index in [1.807, 2.05) is 7.05 Å². The van der Waals surface area contributed by atoms with E-state index >= 15 is 0 Å². The molecule has 0 saturated carbocycles. The number of aromatic nitrogens is 2. The number of anilines is 1. The smallest absolute Gasteiger partial charge is 0.227 e. The van der Waals surface area contributed by atoms with Crippen LogP contribution < -0.4 is 10.6 Å². The summed E-state index contributed by atoms with van der Waals surface area (Å²) in [5.74, 6) is 1.37. The first-order chi connectivity index (χ1) is 8.16. The number of amides is 1. The van der Waals surface area contributed by atoms with Crippen LogP contribution in [-0.4, -0.2) is 28.3 Å². The third-order valence-electron chi connectivity index (χ3n) is 3.42. The van der Waals surface area contributed by atoms with Crippen LogP contribution in [0.4, 0.5) is 5.82 Å². The monoisotopic (exact) mass is 236 g/mol. The van der Waals surface area contributed by atoms with Crippen molar-refractivity contribution in [2.75, 3.05) is 11.9 Å². The van der Waals surface area contributed by atoms with E-state index in [4.69, 9.17) is 0 Å². The van der Waals surface area contributed by atoms with Crippen LogP contribution in [0.15, 0.2) is 12.3 Å². The van der Waals surface area contributed by atoms with Gasteiger partial charge in [0.05, 0.1) is 6.20 Å². The molecule has 94 valence electrons. The van der Waals surface area contributed by atoms with Crippen LogP contribution in [0.2, 0.25) is 0 Å². The summed E-state index contributed by atoms with van der Waals surface area (Å²) in [5.41, 5.74) is 0. The molecule has 2 N–H and O–H groups in total. The number of carbonyl (C=O) groups is 1. The summed E-state index contributed by atoms with van der Waals surface area (Å²) in [6.07, 6.45) is 4.63. The van der Waals surface area contributed by atoms with Gasteiger partial charge in [-0.1, -0.05) is 6.92 Å². The summed E-state index contributed by atoms with van der Waals surface area (Å²) in [5, 5.41) is 10.3. The third kappa shape index (κ3) is 3.06. The minimum Gasteiger partial charge on any atom is -0.313 e. The van der Waals surface area contributed by atoms with Gasteiger partial charge in [0.2, 0.25) is 5.91 Å². The van der Waals surface area contributed by atoms with Crippen molar-refractivity contribution in [3.05, 3.63) is 12.3 Å². The van der Waals surface area contributed by atoms with Crippen LogP contribution in [0, 0.1) is 5.92 Å². The van der Waals surface area contributed by atoms with E-state index < -0.39 is 0 Å². The molecule has 1 aliphatic heterocycles. The molecule has 1 fully saturated rings. The normalized spacial score (nSPS) is 24.6. The molecular weight excluding hydrogens is 216 g/mol. The van der Waals surface area contributed by atoms with Crippen molar-refractivity contribution in [3.63, 3.8) is 0 Å². The predicted molar refractivity (Wildman–Crippen MR) is 66.6 cm³/mol. The first kappa shape index (κ1) is 12.1. The van der Waals surface area contributed by atoms with Gasteiger partial charge in [-0.15, -0.1) is 0 Å². The fourth-order valence-corrected chi connectivity index (χ4v) is 2.28. The molecule has 0 aromatic carbocycles. The van der Waals surface area contributed by atoms with Gasteiger partial charge in [0.25, 0.3) is 0 Å². The molecule has 0 aliphatic carbocycles. The van der Waals surface area contributed by atoms with E-state index in [9.17, 15) is 4.79 Å². The van der Waals surface area contributed by atoms with Gasteiger partial charge in [0, 0.05) is 25.6 Å². The lowest BCUT2D eigenvalue weighted by atomic mass is 9.90. The minimum absolute atomic E-state index is 0.0554. The summed E-state index contributed by atoms with van der Waals surface area (Å²) in [6.45, 7) is 3.22. The Labute approximate surface area is 102 Å². The third-order valence-corrected chi connectivity index (χ3v) is 3.42. The Balaban J connectivity index is 1.86. The van der Waals surface area contributed by atoms with Crippen LogP contribution in [-0.2, 0) is 11.8 Å². The fourth-order valence-electron chi connectivity index (χ4n) is 2.28. The molecule has 2 atom stereocenters. The number of hydrogen-bond donors (Lipinski definition) is 2. The largest absolute Gasteiger partial charge is 0.313 e. The lowest BCUT2D eigenvalue weighted by Crippen LogP contribution is -2.42. The van der Waals surface area contributed by atoms with Crippen LogP contribution >= 0.6 is 0 Å². The Kier molecular flexibility index (Phi) is 3.78. The van der Waals surface area contributed by atoms with Gasteiger partial charge in [-0.25, -0.2) is 0 Å². The number of hydrogen-bond acceptors (Lipinski definition) is 3. The van der Waals surface area contributed by atoms with Gasteiger partial charge in [0.15, 0.2) is 0 Å². The van der Waals surface area contributed by atoms with Gasteiger partial charge >= 0.3 is 0 Å². The number of aryl methyl sites for hydroxylation is 1. The first-order valence-corrected chi connectivity index (χ1v) is 6.18. The standard InChI is InChI=1S/C12H20N4O/c1-9-4-3-6-13-10(9)8-12(17)15-11-5-7-14-16(11)2/h5,7,9-10,13H,3-4,6,8H2,1-2H3,(H,15,17). The van der Waals surface area contributed by atoms with Gasteiger partial charge in [-0.3, -0.25) is 9.48 Å². The highest BCUT2D eigenvalue weighted by Gasteiger charge is 2.23. The second-order valence-corrected chi connectivity index (χ2v) is 4.77. The van der Waals surface area contributed by atoms with Crippen molar-refractivity contribution < 1.29 is 4.79 Å². The maximum Gasteiger partial charge on any atom is 0.227 e. The van der Waals surface area contributed by atoms with Crippen molar-refractivity contribution >= 4 is 11.7 Å². The second kappa shape index (κ2) is 5.31. The van der Waals surface area contributed by atoms with E-state index in [0.717, 1.165) is 12.4 Å². The van der Waals surface area contributed by atoms with Crippen molar-refractivity contribution in [3.8, 4) is 0 Å². The first-order valence-electron chi connectivity index (χ1n) is 6.18. The SMILES string of the molecule is CC1CCCNC1CC(=O)Nc1ccnn1C. The Morgan fingerprint density at radius 3 is 3.18 bits per heavy atom. The highest BCUT2D eigenvalue weighted by atomic mass is 16.1. The van der Waals surface area contributed by atoms with Gasteiger partial charge in [-0.05, 0) is 25.3 Å². The molecule has 1 aliphatic rings. The van der Waals surface area contributed by atoms with Crippen molar-refractivity contribution in [2.45, 2.75) is 32.2 Å². The van der Waals surface area contributed by atoms with Crippen molar-refractivity contribution in [2.24, 2.45) is 13.0 Å². The molecule has 2 heterocycles. The van der Waals surface area contributed by atoms with Crippen LogP contribution in [0.1, 0.15) is 26.2 Å². The molecule has 1 aromatic heterocycles. The Morgan fingerprint density at radius 1 is 1.71 bits per heavy atom. The number of nitrogens with one attached hydrogen (secondary N) is 2. The lowest BCUT2D eigenvalue weighted by molar-refractivity contribution is -0.117. The summed E-state index contributed by atoms with van der Waals surface area (Å²) in [6, 6.07) is 2.10. The molecule has 0 spiro atoms. The minimum atomic E-state index is 0.0554. The van der Waals surface area contributed by atoms with E-state index in [-0.39, 0.29) is 5.91 Å².